The molecular formula is C11H21NO4. The number of hydrogen-bond acceptors (Lipinski definition) is 4. The molecule has 0 aliphatic carbocycles. The Morgan fingerprint density at radius 1 is 1.44 bits per heavy atom. The van der Waals surface area contributed by atoms with Crippen LogP contribution in [0.1, 0.15) is 13.8 Å². The molecule has 1 saturated heterocycles. The molecule has 1 amide bonds. The predicted octanol–water partition coefficient (Wildman–Crippen LogP) is -0.121. The molecule has 0 unspecified atom stereocenters. The number of ether oxygens (including phenoxy) is 2. The van der Waals surface area contributed by atoms with E-state index < -0.39 is 5.60 Å². The van der Waals surface area contributed by atoms with Gasteiger partial charge < -0.3 is 19.5 Å². The molecule has 0 spiro atoms. The zero-order valence-electron chi connectivity index (χ0n) is 10.2. The number of amides is 1. The highest BCUT2D eigenvalue weighted by Crippen LogP contribution is 2.28. The van der Waals surface area contributed by atoms with Crippen molar-refractivity contribution in [2.45, 2.75) is 19.4 Å². The molecule has 0 radical (unpaired) electrons. The van der Waals surface area contributed by atoms with Crippen LogP contribution in [0, 0.1) is 5.92 Å². The second-order valence-electron chi connectivity index (χ2n) is 4.55. The van der Waals surface area contributed by atoms with Crippen molar-refractivity contribution in [1.82, 2.24) is 4.90 Å². The first-order valence-electron chi connectivity index (χ1n) is 5.56. The molecule has 16 heavy (non-hydrogen) atoms. The minimum absolute atomic E-state index is 0.0670. The molecule has 0 aromatic rings. The van der Waals surface area contributed by atoms with Crippen molar-refractivity contribution >= 4 is 5.91 Å². The fourth-order valence-electron chi connectivity index (χ4n) is 1.55. The van der Waals surface area contributed by atoms with Gasteiger partial charge in [-0.3, -0.25) is 4.79 Å². The van der Waals surface area contributed by atoms with Crippen LogP contribution < -0.4 is 0 Å². The van der Waals surface area contributed by atoms with E-state index in [4.69, 9.17) is 9.47 Å². The zero-order valence-corrected chi connectivity index (χ0v) is 10.2. The number of rotatable bonds is 6. The van der Waals surface area contributed by atoms with Gasteiger partial charge in [-0.15, -0.1) is 0 Å². The van der Waals surface area contributed by atoms with E-state index in [1.165, 1.54) is 0 Å². The normalized spacial score (nSPS) is 18.7. The van der Waals surface area contributed by atoms with E-state index in [2.05, 4.69) is 0 Å². The van der Waals surface area contributed by atoms with Crippen molar-refractivity contribution < 1.29 is 19.4 Å². The van der Waals surface area contributed by atoms with Crippen LogP contribution in [0.3, 0.4) is 0 Å². The number of β-amino-alcohol motifs (C(OH)–C–C–N with tert-alkyl or cyclic N) is 1. The molecule has 0 aromatic carbocycles. The maximum atomic E-state index is 11.5. The predicted molar refractivity (Wildman–Crippen MR) is 59.1 cm³/mol. The molecule has 1 aliphatic rings. The molecule has 5 nitrogen and oxygen atoms in total. The van der Waals surface area contributed by atoms with Gasteiger partial charge in [-0.1, -0.05) is 13.8 Å². The van der Waals surface area contributed by atoms with E-state index in [0.29, 0.717) is 26.3 Å². The number of carbonyl (C=O) groups excluding carboxylic acids is 1. The van der Waals surface area contributed by atoms with E-state index in [0.717, 1.165) is 0 Å². The van der Waals surface area contributed by atoms with Crippen LogP contribution >= 0.6 is 0 Å². The first kappa shape index (κ1) is 13.4. The summed E-state index contributed by atoms with van der Waals surface area (Å²) >= 11 is 0. The summed E-state index contributed by atoms with van der Waals surface area (Å²) in [4.78, 5) is 13.2. The molecule has 0 aromatic heterocycles. The van der Waals surface area contributed by atoms with Crippen LogP contribution in [0.4, 0.5) is 0 Å². The Kier molecular flexibility index (Phi) is 4.70. The number of hydrogen-bond donors (Lipinski definition) is 1. The van der Waals surface area contributed by atoms with Gasteiger partial charge in [-0.25, -0.2) is 0 Å². The Morgan fingerprint density at radius 3 is 2.56 bits per heavy atom. The fraction of sp³-hybridized carbons (Fsp3) is 0.909. The lowest BCUT2D eigenvalue weighted by Gasteiger charge is -2.48. The summed E-state index contributed by atoms with van der Waals surface area (Å²) in [6.07, 6.45) is 0. The topological polar surface area (TPSA) is 59.0 Å². The van der Waals surface area contributed by atoms with Gasteiger partial charge in [0, 0.05) is 7.11 Å². The van der Waals surface area contributed by atoms with Gasteiger partial charge in [-0.05, 0) is 5.92 Å². The van der Waals surface area contributed by atoms with Gasteiger partial charge in [0.1, 0.15) is 12.2 Å². The summed E-state index contributed by atoms with van der Waals surface area (Å²) in [6.45, 7) is 5.72. The Morgan fingerprint density at radius 2 is 2.06 bits per heavy atom. The van der Waals surface area contributed by atoms with Crippen LogP contribution in [0.25, 0.3) is 0 Å². The highest BCUT2D eigenvalue weighted by atomic mass is 16.5. The van der Waals surface area contributed by atoms with Gasteiger partial charge in [-0.2, -0.15) is 0 Å². The number of nitrogens with zero attached hydrogens (tertiary/aromatic N) is 1. The third kappa shape index (κ3) is 3.17. The number of carbonyl (C=O) groups is 1. The Labute approximate surface area is 96.3 Å². The zero-order chi connectivity index (χ0) is 12.2. The van der Waals surface area contributed by atoms with Crippen molar-refractivity contribution in [3.05, 3.63) is 0 Å². The molecule has 1 aliphatic heterocycles. The lowest BCUT2D eigenvalue weighted by atomic mass is 9.83. The first-order valence-corrected chi connectivity index (χ1v) is 5.56. The average Bonchev–Trinajstić information content (AvgIpc) is 2.19. The summed E-state index contributed by atoms with van der Waals surface area (Å²) in [5, 5.41) is 9.96. The number of likely N-dealkylation sites (tertiary alicyclic amines) is 1. The Bertz CT molecular complexity index is 236. The molecule has 94 valence electrons. The van der Waals surface area contributed by atoms with Crippen molar-refractivity contribution in [3.63, 3.8) is 0 Å². The second kappa shape index (κ2) is 5.61. The molecule has 5 heteroatoms. The number of aliphatic hydroxyl groups is 1. The smallest absolute Gasteiger partial charge is 0.248 e. The molecule has 1 fully saturated rings. The largest absolute Gasteiger partial charge is 0.386 e. The van der Waals surface area contributed by atoms with Crippen LogP contribution in [0.2, 0.25) is 0 Å². The summed E-state index contributed by atoms with van der Waals surface area (Å²) in [5.41, 5.74) is -0.706. The van der Waals surface area contributed by atoms with Gasteiger partial charge in [0.2, 0.25) is 5.91 Å². The third-order valence-corrected chi connectivity index (χ3v) is 3.01. The van der Waals surface area contributed by atoms with Crippen LogP contribution in [-0.2, 0) is 14.3 Å². The maximum absolute atomic E-state index is 11.5. The van der Waals surface area contributed by atoms with Crippen molar-refractivity contribution in [1.29, 1.82) is 0 Å². The van der Waals surface area contributed by atoms with E-state index >= 15 is 0 Å². The van der Waals surface area contributed by atoms with Crippen molar-refractivity contribution in [2.75, 3.05) is 40.0 Å². The summed E-state index contributed by atoms with van der Waals surface area (Å²) in [5.74, 6) is 0.104. The quantitative estimate of drug-likeness (QED) is 0.647. The van der Waals surface area contributed by atoms with Crippen LogP contribution in [-0.4, -0.2) is 61.5 Å². The summed E-state index contributed by atoms with van der Waals surface area (Å²) in [6, 6.07) is 0. The SMILES string of the molecule is COCCOCC(=O)N1CC(O)(C(C)C)C1. The fourth-order valence-corrected chi connectivity index (χ4v) is 1.55. The minimum Gasteiger partial charge on any atom is -0.386 e. The van der Waals surface area contributed by atoms with Crippen LogP contribution in [0.5, 0.6) is 0 Å². The van der Waals surface area contributed by atoms with Crippen LogP contribution in [0.15, 0.2) is 0 Å². The molecular weight excluding hydrogens is 210 g/mol. The highest BCUT2D eigenvalue weighted by Gasteiger charge is 2.45. The summed E-state index contributed by atoms with van der Waals surface area (Å²) in [7, 11) is 1.59. The molecule has 0 atom stereocenters. The lowest BCUT2D eigenvalue weighted by Crippen LogP contribution is -2.66. The van der Waals surface area contributed by atoms with Gasteiger partial charge in [0.15, 0.2) is 0 Å². The minimum atomic E-state index is -0.706. The van der Waals surface area contributed by atoms with Crippen molar-refractivity contribution in [3.8, 4) is 0 Å². The van der Waals surface area contributed by atoms with E-state index in [-0.39, 0.29) is 18.4 Å². The maximum Gasteiger partial charge on any atom is 0.248 e. The van der Waals surface area contributed by atoms with Gasteiger partial charge in [0.05, 0.1) is 26.3 Å². The number of methoxy groups -OCH3 is 1. The third-order valence-electron chi connectivity index (χ3n) is 3.01. The first-order chi connectivity index (χ1) is 7.49. The summed E-state index contributed by atoms with van der Waals surface area (Å²) < 4.78 is 9.92. The van der Waals surface area contributed by atoms with Gasteiger partial charge in [0.25, 0.3) is 0 Å². The Balaban J connectivity index is 2.17. The lowest BCUT2D eigenvalue weighted by molar-refractivity contribution is -0.168. The van der Waals surface area contributed by atoms with Crippen molar-refractivity contribution in [2.24, 2.45) is 5.92 Å². The molecule has 0 saturated carbocycles. The van der Waals surface area contributed by atoms with E-state index in [1.54, 1.807) is 12.0 Å². The van der Waals surface area contributed by atoms with E-state index in [9.17, 15) is 9.90 Å². The molecule has 0 bridgehead atoms. The molecule has 1 heterocycles. The highest BCUT2D eigenvalue weighted by molar-refractivity contribution is 5.78. The van der Waals surface area contributed by atoms with Gasteiger partial charge >= 0.3 is 0 Å². The average molecular weight is 231 g/mol. The monoisotopic (exact) mass is 231 g/mol. The van der Waals surface area contributed by atoms with E-state index in [1.807, 2.05) is 13.8 Å². The molecule has 1 rings (SSSR count). The standard InChI is InChI=1S/C11H21NO4/c1-9(2)11(14)7-12(8-11)10(13)6-16-5-4-15-3/h9,14H,4-8H2,1-3H3. The second-order valence-corrected chi connectivity index (χ2v) is 4.55. The molecule has 1 N–H and O–H groups in total. The Hall–Kier alpha value is -0.650.